The molecule has 2 rings (SSSR count). The number of nitrogen functional groups attached to an aromatic ring is 1. The molecule has 1 aliphatic rings. The molecule has 0 aromatic heterocycles. The lowest BCUT2D eigenvalue weighted by molar-refractivity contribution is -0.144. The fourth-order valence-corrected chi connectivity index (χ4v) is 3.05. The average Bonchev–Trinajstić information content (AvgIpc) is 2.42. The first-order valence-electron chi connectivity index (χ1n) is 7.36. The molecule has 0 saturated heterocycles. The maximum atomic E-state index is 11.6. The second-order valence-electron chi connectivity index (χ2n) is 5.63. The van der Waals surface area contributed by atoms with Crippen LogP contribution in [0.4, 0.5) is 5.69 Å². The Labute approximate surface area is 120 Å². The van der Waals surface area contributed by atoms with E-state index in [1.54, 1.807) is 0 Å². The summed E-state index contributed by atoms with van der Waals surface area (Å²) in [5.74, 6) is 0.587. The van der Waals surface area contributed by atoms with Crippen LogP contribution in [0.1, 0.15) is 44.1 Å². The summed E-state index contributed by atoms with van der Waals surface area (Å²) in [6, 6.07) is 8.09. The van der Waals surface area contributed by atoms with Gasteiger partial charge in [0, 0.05) is 18.2 Å². The smallest absolute Gasteiger partial charge is 0.306 e. The zero-order chi connectivity index (χ0) is 14.5. The minimum absolute atomic E-state index is 0.0935. The predicted molar refractivity (Wildman–Crippen MR) is 80.2 cm³/mol. The molecule has 1 aromatic carbocycles. The Morgan fingerprint density at radius 2 is 2.00 bits per heavy atom. The van der Waals surface area contributed by atoms with Crippen molar-refractivity contribution in [3.63, 3.8) is 0 Å². The highest BCUT2D eigenvalue weighted by Gasteiger charge is 2.30. The highest BCUT2D eigenvalue weighted by molar-refractivity contribution is 5.69. The van der Waals surface area contributed by atoms with Crippen molar-refractivity contribution in [2.24, 2.45) is 11.7 Å². The molecule has 20 heavy (non-hydrogen) atoms. The van der Waals surface area contributed by atoms with E-state index in [1.807, 2.05) is 31.2 Å². The van der Waals surface area contributed by atoms with E-state index in [9.17, 15) is 4.79 Å². The van der Waals surface area contributed by atoms with Crippen LogP contribution in [-0.4, -0.2) is 18.6 Å². The van der Waals surface area contributed by atoms with E-state index in [0.717, 1.165) is 24.9 Å². The molecule has 4 N–H and O–H groups in total. The van der Waals surface area contributed by atoms with Crippen molar-refractivity contribution in [3.05, 3.63) is 29.8 Å². The molecule has 0 bridgehead atoms. The van der Waals surface area contributed by atoms with E-state index in [0.29, 0.717) is 24.9 Å². The van der Waals surface area contributed by atoms with Crippen LogP contribution >= 0.6 is 0 Å². The van der Waals surface area contributed by atoms with Crippen LogP contribution in [0.2, 0.25) is 0 Å². The predicted octanol–water partition coefficient (Wildman–Crippen LogP) is 2.43. The van der Waals surface area contributed by atoms with Crippen molar-refractivity contribution in [1.82, 2.24) is 0 Å². The second kappa shape index (κ2) is 6.75. The lowest BCUT2D eigenvalue weighted by Crippen LogP contribution is -2.35. The van der Waals surface area contributed by atoms with Gasteiger partial charge in [-0.1, -0.05) is 12.1 Å². The summed E-state index contributed by atoms with van der Waals surface area (Å²) >= 11 is 0. The minimum atomic E-state index is -0.0935. The van der Waals surface area contributed by atoms with Crippen LogP contribution in [-0.2, 0) is 9.53 Å². The second-order valence-corrected chi connectivity index (χ2v) is 5.63. The summed E-state index contributed by atoms with van der Waals surface area (Å²) < 4.78 is 5.04. The molecule has 4 heteroatoms. The summed E-state index contributed by atoms with van der Waals surface area (Å²) in [4.78, 5) is 11.6. The van der Waals surface area contributed by atoms with Crippen LogP contribution in [0.3, 0.4) is 0 Å². The van der Waals surface area contributed by atoms with Crippen molar-refractivity contribution in [2.75, 3.05) is 12.3 Å². The highest BCUT2D eigenvalue weighted by atomic mass is 16.5. The van der Waals surface area contributed by atoms with Gasteiger partial charge in [-0.15, -0.1) is 0 Å². The van der Waals surface area contributed by atoms with E-state index in [-0.39, 0.29) is 12.0 Å². The van der Waals surface area contributed by atoms with Crippen molar-refractivity contribution in [3.8, 4) is 0 Å². The number of rotatable bonds is 4. The molecule has 2 unspecified atom stereocenters. The Kier molecular flexibility index (Phi) is 5.01. The number of hydrogen-bond donors (Lipinski definition) is 2. The van der Waals surface area contributed by atoms with Gasteiger partial charge in [0.15, 0.2) is 0 Å². The van der Waals surface area contributed by atoms with E-state index < -0.39 is 0 Å². The number of anilines is 1. The Morgan fingerprint density at radius 3 is 2.65 bits per heavy atom. The first-order valence-corrected chi connectivity index (χ1v) is 7.36. The van der Waals surface area contributed by atoms with Crippen LogP contribution in [0.25, 0.3) is 0 Å². The van der Waals surface area contributed by atoms with Gasteiger partial charge >= 0.3 is 5.97 Å². The third-order valence-electron chi connectivity index (χ3n) is 4.14. The summed E-state index contributed by atoms with van der Waals surface area (Å²) in [6.07, 6.45) is 3.42. The van der Waals surface area contributed by atoms with E-state index in [2.05, 4.69) is 0 Å². The minimum Gasteiger partial charge on any atom is -0.466 e. The summed E-state index contributed by atoms with van der Waals surface area (Å²) in [5, 5.41) is 0. The maximum absolute atomic E-state index is 11.6. The SMILES string of the molecule is CCOC(=O)CC1CC[C@@H](N)C(c2ccc(N)cc2)C1. The lowest BCUT2D eigenvalue weighted by Gasteiger charge is -2.34. The molecular weight excluding hydrogens is 252 g/mol. The van der Waals surface area contributed by atoms with Gasteiger partial charge in [-0.2, -0.15) is 0 Å². The van der Waals surface area contributed by atoms with Crippen molar-refractivity contribution < 1.29 is 9.53 Å². The summed E-state index contributed by atoms with van der Waals surface area (Å²) in [5.41, 5.74) is 14.0. The first kappa shape index (κ1) is 14.9. The number of nitrogens with two attached hydrogens (primary N) is 2. The monoisotopic (exact) mass is 276 g/mol. The van der Waals surface area contributed by atoms with Crippen LogP contribution in [0.15, 0.2) is 24.3 Å². The molecule has 1 fully saturated rings. The maximum Gasteiger partial charge on any atom is 0.306 e. The number of esters is 1. The van der Waals surface area contributed by atoms with E-state index in [1.165, 1.54) is 5.56 Å². The number of ether oxygens (including phenoxy) is 1. The molecule has 0 heterocycles. The van der Waals surface area contributed by atoms with Gasteiger partial charge in [0.25, 0.3) is 0 Å². The zero-order valence-corrected chi connectivity index (χ0v) is 12.0. The third-order valence-corrected chi connectivity index (χ3v) is 4.14. The molecule has 110 valence electrons. The Bertz CT molecular complexity index is 444. The van der Waals surface area contributed by atoms with Gasteiger partial charge < -0.3 is 16.2 Å². The number of carbonyl (C=O) groups excluding carboxylic acids is 1. The van der Waals surface area contributed by atoms with Crippen LogP contribution in [0, 0.1) is 5.92 Å². The molecule has 1 aliphatic carbocycles. The van der Waals surface area contributed by atoms with Crippen LogP contribution in [0.5, 0.6) is 0 Å². The molecule has 1 saturated carbocycles. The van der Waals surface area contributed by atoms with E-state index >= 15 is 0 Å². The van der Waals surface area contributed by atoms with E-state index in [4.69, 9.17) is 16.2 Å². The fraction of sp³-hybridized carbons (Fsp3) is 0.562. The summed E-state index contributed by atoms with van der Waals surface area (Å²) in [7, 11) is 0. The van der Waals surface area contributed by atoms with Crippen molar-refractivity contribution in [1.29, 1.82) is 0 Å². The van der Waals surface area contributed by atoms with Gasteiger partial charge in [-0.25, -0.2) is 0 Å². The standard InChI is InChI=1S/C16H24N2O2/c1-2-20-16(19)10-11-3-8-15(18)14(9-11)12-4-6-13(17)7-5-12/h4-7,11,14-15H,2-3,8-10,17-18H2,1H3/t11?,14?,15-/m1/s1. The number of carbonyl (C=O) groups is 1. The highest BCUT2D eigenvalue weighted by Crippen LogP contribution is 2.37. The van der Waals surface area contributed by atoms with Crippen molar-refractivity contribution >= 4 is 11.7 Å². The zero-order valence-electron chi connectivity index (χ0n) is 12.0. The first-order chi connectivity index (χ1) is 9.60. The molecule has 0 radical (unpaired) electrons. The Hall–Kier alpha value is -1.55. The van der Waals surface area contributed by atoms with Gasteiger partial charge in [0.2, 0.25) is 0 Å². The molecule has 0 aliphatic heterocycles. The lowest BCUT2D eigenvalue weighted by atomic mass is 9.74. The van der Waals surface area contributed by atoms with Gasteiger partial charge in [0.1, 0.15) is 0 Å². The molecule has 3 atom stereocenters. The number of hydrogen-bond acceptors (Lipinski definition) is 4. The van der Waals surface area contributed by atoms with Gasteiger partial charge in [-0.05, 0) is 55.7 Å². The molecule has 1 aromatic rings. The molecule has 0 spiro atoms. The Morgan fingerprint density at radius 1 is 1.30 bits per heavy atom. The largest absolute Gasteiger partial charge is 0.466 e. The van der Waals surface area contributed by atoms with Gasteiger partial charge in [-0.3, -0.25) is 4.79 Å². The average molecular weight is 276 g/mol. The number of benzene rings is 1. The van der Waals surface area contributed by atoms with Crippen LogP contribution < -0.4 is 11.5 Å². The molecule has 4 nitrogen and oxygen atoms in total. The fourth-order valence-electron chi connectivity index (χ4n) is 3.05. The quantitative estimate of drug-likeness (QED) is 0.654. The van der Waals surface area contributed by atoms with Gasteiger partial charge in [0.05, 0.1) is 6.61 Å². The third kappa shape index (κ3) is 3.73. The molecule has 0 amide bonds. The molecular formula is C16H24N2O2. The summed E-state index contributed by atoms with van der Waals surface area (Å²) in [6.45, 7) is 2.29. The topological polar surface area (TPSA) is 78.3 Å². The Balaban J connectivity index is 2.01. The van der Waals surface area contributed by atoms with Crippen molar-refractivity contribution in [2.45, 2.75) is 44.6 Å². The normalized spacial score (nSPS) is 26.2.